The molecular formula is C21H23N3O5S. The maximum atomic E-state index is 12.9. The molecule has 0 radical (unpaired) electrons. The van der Waals surface area contributed by atoms with Gasteiger partial charge >= 0.3 is 0 Å². The van der Waals surface area contributed by atoms with E-state index in [0.717, 1.165) is 11.3 Å². The van der Waals surface area contributed by atoms with Crippen molar-refractivity contribution in [1.29, 1.82) is 0 Å². The quantitative estimate of drug-likeness (QED) is 0.803. The molecule has 1 amide bonds. The minimum Gasteiger partial charge on any atom is -0.493 e. The molecule has 2 aliphatic heterocycles. The Morgan fingerprint density at radius 2 is 1.70 bits per heavy atom. The molecule has 2 aromatic carbocycles. The second-order valence-corrected chi connectivity index (χ2v) is 8.64. The molecule has 4 rings (SSSR count). The SMILES string of the molecule is COc1ccc(C(=O)N2CCN(c3ccc4c(c3)C=CS(=O)(=O)N4)CC2)cc1OC. The van der Waals surface area contributed by atoms with E-state index in [0.29, 0.717) is 48.9 Å². The Hall–Kier alpha value is -3.20. The largest absolute Gasteiger partial charge is 0.493 e. The molecular weight excluding hydrogens is 406 g/mol. The summed E-state index contributed by atoms with van der Waals surface area (Å²) in [5.41, 5.74) is 2.96. The monoisotopic (exact) mass is 429 g/mol. The third-order valence-corrected chi connectivity index (χ3v) is 6.28. The van der Waals surface area contributed by atoms with Crippen LogP contribution in [0.1, 0.15) is 15.9 Å². The summed E-state index contributed by atoms with van der Waals surface area (Å²) in [5.74, 6) is 1.07. The summed E-state index contributed by atoms with van der Waals surface area (Å²) in [7, 11) is -0.287. The molecule has 2 aromatic rings. The van der Waals surface area contributed by atoms with E-state index in [1.54, 1.807) is 44.6 Å². The number of nitrogens with one attached hydrogen (secondary N) is 1. The maximum Gasteiger partial charge on any atom is 0.255 e. The number of amides is 1. The van der Waals surface area contributed by atoms with Gasteiger partial charge in [0.25, 0.3) is 15.9 Å². The topological polar surface area (TPSA) is 88.2 Å². The summed E-state index contributed by atoms with van der Waals surface area (Å²) < 4.78 is 36.3. The number of benzene rings is 2. The lowest BCUT2D eigenvalue weighted by atomic mass is 10.1. The van der Waals surface area contributed by atoms with Crippen molar-refractivity contribution < 1.29 is 22.7 Å². The molecule has 2 heterocycles. The van der Waals surface area contributed by atoms with Gasteiger partial charge in [-0.05, 0) is 42.5 Å². The number of carbonyl (C=O) groups is 1. The lowest BCUT2D eigenvalue weighted by Crippen LogP contribution is -2.48. The van der Waals surface area contributed by atoms with E-state index in [2.05, 4.69) is 9.62 Å². The van der Waals surface area contributed by atoms with E-state index in [1.165, 1.54) is 5.41 Å². The highest BCUT2D eigenvalue weighted by Gasteiger charge is 2.24. The number of piperazine rings is 1. The summed E-state index contributed by atoms with van der Waals surface area (Å²) in [5, 5.41) is 1.17. The Balaban J connectivity index is 1.44. The fraction of sp³-hybridized carbons (Fsp3) is 0.286. The molecule has 1 N–H and O–H groups in total. The van der Waals surface area contributed by atoms with Crippen molar-refractivity contribution in [2.45, 2.75) is 0 Å². The normalized spacial score (nSPS) is 17.1. The summed E-state index contributed by atoms with van der Waals surface area (Å²) in [6, 6.07) is 10.8. The van der Waals surface area contributed by atoms with Crippen molar-refractivity contribution in [2.24, 2.45) is 0 Å². The Bertz CT molecular complexity index is 1110. The molecule has 0 bridgehead atoms. The predicted molar refractivity (Wildman–Crippen MR) is 116 cm³/mol. The number of hydrogen-bond acceptors (Lipinski definition) is 6. The average Bonchev–Trinajstić information content (AvgIpc) is 2.77. The van der Waals surface area contributed by atoms with Gasteiger partial charge in [-0.15, -0.1) is 0 Å². The highest BCUT2D eigenvalue weighted by Crippen LogP contribution is 2.30. The van der Waals surface area contributed by atoms with Gasteiger partial charge in [0.2, 0.25) is 0 Å². The molecule has 158 valence electrons. The van der Waals surface area contributed by atoms with E-state index in [9.17, 15) is 13.2 Å². The minimum absolute atomic E-state index is 0.0432. The third-order valence-electron chi connectivity index (χ3n) is 5.28. The van der Waals surface area contributed by atoms with Gasteiger partial charge in [-0.2, -0.15) is 0 Å². The Kier molecular flexibility index (Phi) is 5.29. The van der Waals surface area contributed by atoms with E-state index >= 15 is 0 Å². The van der Waals surface area contributed by atoms with Crippen LogP contribution in [0.15, 0.2) is 41.8 Å². The van der Waals surface area contributed by atoms with Gasteiger partial charge in [0.1, 0.15) is 0 Å². The molecule has 1 fully saturated rings. The Morgan fingerprint density at radius 1 is 0.967 bits per heavy atom. The fourth-order valence-corrected chi connectivity index (χ4v) is 4.53. The number of carbonyl (C=O) groups excluding carboxylic acids is 1. The lowest BCUT2D eigenvalue weighted by Gasteiger charge is -2.36. The van der Waals surface area contributed by atoms with E-state index in [4.69, 9.17) is 9.47 Å². The van der Waals surface area contributed by atoms with Crippen LogP contribution in [-0.2, 0) is 10.0 Å². The number of nitrogens with zero attached hydrogens (tertiary/aromatic N) is 2. The van der Waals surface area contributed by atoms with Crippen molar-refractivity contribution in [1.82, 2.24) is 4.90 Å². The molecule has 0 saturated carbocycles. The second kappa shape index (κ2) is 7.91. The minimum atomic E-state index is -3.39. The summed E-state index contributed by atoms with van der Waals surface area (Å²) in [6.07, 6.45) is 1.60. The molecule has 0 aromatic heterocycles. The van der Waals surface area contributed by atoms with E-state index in [-0.39, 0.29) is 5.91 Å². The fourth-order valence-electron chi connectivity index (χ4n) is 3.65. The number of ether oxygens (including phenoxy) is 2. The zero-order valence-electron chi connectivity index (χ0n) is 16.8. The van der Waals surface area contributed by atoms with Crippen LogP contribution < -0.4 is 19.1 Å². The molecule has 9 heteroatoms. The summed E-state index contributed by atoms with van der Waals surface area (Å²) >= 11 is 0. The zero-order valence-corrected chi connectivity index (χ0v) is 17.6. The van der Waals surface area contributed by atoms with Gasteiger partial charge < -0.3 is 19.3 Å². The van der Waals surface area contributed by atoms with E-state index in [1.807, 2.05) is 17.0 Å². The smallest absolute Gasteiger partial charge is 0.255 e. The number of hydrogen-bond donors (Lipinski definition) is 1. The summed E-state index contributed by atoms with van der Waals surface area (Å²) in [6.45, 7) is 2.56. The van der Waals surface area contributed by atoms with Crippen LogP contribution in [0.4, 0.5) is 11.4 Å². The first-order chi connectivity index (χ1) is 14.4. The maximum absolute atomic E-state index is 12.9. The number of sulfonamides is 1. The predicted octanol–water partition coefficient (Wildman–Crippen LogP) is 2.39. The molecule has 1 saturated heterocycles. The molecule has 30 heavy (non-hydrogen) atoms. The van der Waals surface area contributed by atoms with E-state index < -0.39 is 10.0 Å². The Labute approximate surface area is 175 Å². The van der Waals surface area contributed by atoms with Crippen LogP contribution in [-0.4, -0.2) is 59.6 Å². The van der Waals surface area contributed by atoms with Crippen LogP contribution in [0.25, 0.3) is 6.08 Å². The number of rotatable bonds is 4. The zero-order chi connectivity index (χ0) is 21.3. The Morgan fingerprint density at radius 3 is 2.40 bits per heavy atom. The molecule has 0 unspecified atom stereocenters. The first kappa shape index (κ1) is 20.1. The highest BCUT2D eigenvalue weighted by atomic mass is 32.2. The second-order valence-electron chi connectivity index (χ2n) is 7.07. The van der Waals surface area contributed by atoms with Crippen molar-refractivity contribution in [2.75, 3.05) is 50.0 Å². The van der Waals surface area contributed by atoms with Crippen LogP contribution in [0.5, 0.6) is 11.5 Å². The van der Waals surface area contributed by atoms with Gasteiger partial charge in [0.05, 0.1) is 25.3 Å². The number of anilines is 2. The molecule has 0 aliphatic carbocycles. The standard InChI is InChI=1S/C21H23N3O5S/c1-28-19-6-3-16(14-20(19)29-2)21(25)24-10-8-23(9-11-24)17-4-5-18-15(13-17)7-12-30(26,27)22-18/h3-7,12-14,22H,8-11H2,1-2H3. The number of fused-ring (bicyclic) bond motifs is 1. The first-order valence-corrected chi connectivity index (χ1v) is 11.1. The van der Waals surface area contributed by atoms with Gasteiger partial charge in [0.15, 0.2) is 11.5 Å². The molecule has 0 atom stereocenters. The average molecular weight is 429 g/mol. The summed E-state index contributed by atoms with van der Waals surface area (Å²) in [4.78, 5) is 16.9. The first-order valence-electron chi connectivity index (χ1n) is 9.51. The molecule has 2 aliphatic rings. The van der Waals surface area contributed by atoms with Crippen LogP contribution in [0.3, 0.4) is 0 Å². The van der Waals surface area contributed by atoms with Crippen molar-refractivity contribution in [3.63, 3.8) is 0 Å². The molecule has 8 nitrogen and oxygen atoms in total. The van der Waals surface area contributed by atoms with Crippen LogP contribution in [0, 0.1) is 0 Å². The van der Waals surface area contributed by atoms with Crippen molar-refractivity contribution in [3.05, 3.63) is 52.9 Å². The van der Waals surface area contributed by atoms with Crippen molar-refractivity contribution >= 4 is 33.4 Å². The highest BCUT2D eigenvalue weighted by molar-refractivity contribution is 7.95. The van der Waals surface area contributed by atoms with Gasteiger partial charge in [-0.3, -0.25) is 9.52 Å². The van der Waals surface area contributed by atoms with Gasteiger partial charge in [-0.1, -0.05) is 0 Å². The van der Waals surface area contributed by atoms with Gasteiger partial charge in [-0.25, -0.2) is 8.42 Å². The van der Waals surface area contributed by atoms with Crippen LogP contribution in [0.2, 0.25) is 0 Å². The van der Waals surface area contributed by atoms with Crippen LogP contribution >= 0.6 is 0 Å². The van der Waals surface area contributed by atoms with Crippen molar-refractivity contribution in [3.8, 4) is 11.5 Å². The number of methoxy groups -OCH3 is 2. The van der Waals surface area contributed by atoms with Gasteiger partial charge in [0, 0.05) is 43.0 Å². The lowest BCUT2D eigenvalue weighted by molar-refractivity contribution is 0.0746. The molecule has 0 spiro atoms. The third kappa shape index (κ3) is 3.93.